The van der Waals surface area contributed by atoms with Gasteiger partial charge in [-0.2, -0.15) is 0 Å². The van der Waals surface area contributed by atoms with Crippen LogP contribution in [0.25, 0.3) is 0 Å². The number of nitrogens with zero attached hydrogens (tertiary/aromatic N) is 1. The number of hydrogen-bond acceptors (Lipinski definition) is 4. The Morgan fingerprint density at radius 3 is 2.67 bits per heavy atom. The minimum atomic E-state index is -0.139. The molecule has 0 saturated carbocycles. The molecular formula is C14H21ClN4O2. The molecule has 7 heteroatoms. The summed E-state index contributed by atoms with van der Waals surface area (Å²) in [5, 5.41) is 5.90. The van der Waals surface area contributed by atoms with E-state index in [-0.39, 0.29) is 18.4 Å². The van der Waals surface area contributed by atoms with Crippen molar-refractivity contribution in [2.75, 3.05) is 37.7 Å². The molecule has 0 radical (unpaired) electrons. The first-order valence-electron chi connectivity index (χ1n) is 6.72. The smallest absolute Gasteiger partial charge is 0.234 e. The lowest BCUT2D eigenvalue weighted by molar-refractivity contribution is -0.122. The minimum absolute atomic E-state index is 0.0501. The van der Waals surface area contributed by atoms with Crippen molar-refractivity contribution in [3.05, 3.63) is 23.2 Å². The van der Waals surface area contributed by atoms with Crippen LogP contribution in [0.15, 0.2) is 18.2 Å². The van der Waals surface area contributed by atoms with E-state index in [0.29, 0.717) is 35.9 Å². The van der Waals surface area contributed by atoms with Crippen LogP contribution in [0, 0.1) is 0 Å². The van der Waals surface area contributed by atoms with Crippen LogP contribution in [-0.4, -0.2) is 43.4 Å². The van der Waals surface area contributed by atoms with Gasteiger partial charge in [0.05, 0.1) is 17.3 Å². The maximum absolute atomic E-state index is 11.8. The van der Waals surface area contributed by atoms with Crippen LogP contribution in [0.5, 0.6) is 0 Å². The third kappa shape index (κ3) is 6.46. The predicted molar refractivity (Wildman–Crippen MR) is 85.3 cm³/mol. The highest BCUT2D eigenvalue weighted by Crippen LogP contribution is 2.22. The number of nitrogens with two attached hydrogens (primary N) is 1. The van der Waals surface area contributed by atoms with Crippen LogP contribution in [-0.2, 0) is 9.59 Å². The Hall–Kier alpha value is -1.79. The fraction of sp³-hybridized carbons (Fsp3) is 0.429. The van der Waals surface area contributed by atoms with E-state index in [1.165, 1.54) is 0 Å². The normalized spacial score (nSPS) is 10.5. The van der Waals surface area contributed by atoms with Gasteiger partial charge in [-0.15, -0.1) is 0 Å². The molecule has 0 heterocycles. The first-order valence-corrected chi connectivity index (χ1v) is 7.10. The number of anilines is 2. The van der Waals surface area contributed by atoms with Crippen LogP contribution in [0.4, 0.5) is 11.4 Å². The van der Waals surface area contributed by atoms with E-state index in [0.717, 1.165) is 0 Å². The summed E-state index contributed by atoms with van der Waals surface area (Å²) in [4.78, 5) is 25.0. The number of nitrogens with one attached hydrogen (secondary N) is 2. The van der Waals surface area contributed by atoms with Gasteiger partial charge in [0.2, 0.25) is 11.8 Å². The van der Waals surface area contributed by atoms with Crippen molar-refractivity contribution in [1.29, 1.82) is 0 Å². The second kappa shape index (κ2) is 8.49. The third-order valence-electron chi connectivity index (χ3n) is 2.79. The molecule has 0 fully saturated rings. The van der Waals surface area contributed by atoms with Gasteiger partial charge in [0.1, 0.15) is 0 Å². The van der Waals surface area contributed by atoms with Gasteiger partial charge < -0.3 is 16.4 Å². The summed E-state index contributed by atoms with van der Waals surface area (Å²) in [7, 11) is 1.79. The van der Waals surface area contributed by atoms with Crippen molar-refractivity contribution in [2.24, 2.45) is 0 Å². The summed E-state index contributed by atoms with van der Waals surface area (Å²) in [6.07, 6.45) is 0.290. The van der Waals surface area contributed by atoms with Gasteiger partial charge in [-0.25, -0.2) is 0 Å². The van der Waals surface area contributed by atoms with Crippen LogP contribution in [0.2, 0.25) is 5.02 Å². The molecule has 0 spiro atoms. The molecule has 0 aromatic heterocycles. The van der Waals surface area contributed by atoms with E-state index >= 15 is 0 Å². The summed E-state index contributed by atoms with van der Waals surface area (Å²) >= 11 is 5.81. The van der Waals surface area contributed by atoms with Crippen molar-refractivity contribution >= 4 is 34.8 Å². The molecule has 0 aliphatic carbocycles. The Morgan fingerprint density at radius 1 is 1.33 bits per heavy atom. The zero-order valence-corrected chi connectivity index (χ0v) is 13.0. The molecule has 0 aliphatic heterocycles. The lowest BCUT2D eigenvalue weighted by Gasteiger charge is -2.15. The largest absolute Gasteiger partial charge is 0.397 e. The topological polar surface area (TPSA) is 87.5 Å². The van der Waals surface area contributed by atoms with Crippen molar-refractivity contribution in [2.45, 2.75) is 13.3 Å². The number of halogens is 1. The summed E-state index contributed by atoms with van der Waals surface area (Å²) in [5.41, 5.74) is 6.69. The zero-order valence-electron chi connectivity index (χ0n) is 12.3. The van der Waals surface area contributed by atoms with Crippen LogP contribution in [0.3, 0.4) is 0 Å². The molecule has 0 bridgehead atoms. The number of carbonyl (C=O) groups excluding carboxylic acids is 2. The van der Waals surface area contributed by atoms with Gasteiger partial charge in [-0.1, -0.05) is 11.6 Å². The summed E-state index contributed by atoms with van der Waals surface area (Å²) in [6.45, 7) is 3.23. The monoisotopic (exact) mass is 312 g/mol. The predicted octanol–water partition coefficient (Wildman–Crippen LogP) is 1.32. The number of amides is 2. The summed E-state index contributed by atoms with van der Waals surface area (Å²) < 4.78 is 0. The molecule has 1 rings (SSSR count). The highest BCUT2D eigenvalue weighted by molar-refractivity contribution is 6.33. The van der Waals surface area contributed by atoms with Gasteiger partial charge in [0, 0.05) is 25.2 Å². The quantitative estimate of drug-likeness (QED) is 0.663. The molecule has 2 amide bonds. The number of hydrogen-bond donors (Lipinski definition) is 3. The molecule has 0 aliphatic rings. The van der Waals surface area contributed by atoms with Gasteiger partial charge in [-0.3, -0.25) is 14.5 Å². The molecule has 6 nitrogen and oxygen atoms in total. The molecule has 1 aromatic carbocycles. The standard InChI is InChI=1S/C14H21ClN4O2/c1-3-17-14(21)9-19(2)7-6-13(20)18-10-4-5-11(15)12(16)8-10/h4-5,8H,3,6-7,9,16H2,1-2H3,(H,17,21)(H,18,20). The van der Waals surface area contributed by atoms with E-state index in [1.54, 1.807) is 30.1 Å². The van der Waals surface area contributed by atoms with Gasteiger partial charge in [0.25, 0.3) is 0 Å². The number of nitrogen functional groups attached to an aromatic ring is 1. The Kier molecular flexibility index (Phi) is 6.98. The molecular weight excluding hydrogens is 292 g/mol. The first-order chi connectivity index (χ1) is 9.92. The van der Waals surface area contributed by atoms with E-state index in [2.05, 4.69) is 10.6 Å². The average molecular weight is 313 g/mol. The number of rotatable bonds is 7. The molecule has 0 saturated heterocycles. The Bertz CT molecular complexity index is 508. The Morgan fingerprint density at radius 2 is 2.05 bits per heavy atom. The van der Waals surface area contributed by atoms with Gasteiger partial charge in [0.15, 0.2) is 0 Å². The molecule has 0 unspecified atom stereocenters. The number of benzene rings is 1. The highest BCUT2D eigenvalue weighted by atomic mass is 35.5. The van der Waals surface area contributed by atoms with Gasteiger partial charge >= 0.3 is 0 Å². The summed E-state index contributed by atoms with van der Waals surface area (Å²) in [6, 6.07) is 4.93. The van der Waals surface area contributed by atoms with E-state index in [9.17, 15) is 9.59 Å². The fourth-order valence-electron chi connectivity index (χ4n) is 1.71. The Labute approximate surface area is 129 Å². The second-order valence-electron chi connectivity index (χ2n) is 4.73. The van der Waals surface area contributed by atoms with Crippen molar-refractivity contribution in [3.8, 4) is 0 Å². The van der Waals surface area contributed by atoms with Gasteiger partial charge in [-0.05, 0) is 32.2 Å². The number of carbonyl (C=O) groups is 2. The Balaban J connectivity index is 2.36. The SMILES string of the molecule is CCNC(=O)CN(C)CCC(=O)Nc1ccc(Cl)c(N)c1. The maximum Gasteiger partial charge on any atom is 0.234 e. The molecule has 0 atom stereocenters. The fourth-order valence-corrected chi connectivity index (χ4v) is 1.83. The molecule has 1 aromatic rings. The lowest BCUT2D eigenvalue weighted by Crippen LogP contribution is -2.36. The number of likely N-dealkylation sites (N-methyl/N-ethyl adjacent to an activating group) is 2. The van der Waals surface area contributed by atoms with Crippen molar-refractivity contribution in [3.63, 3.8) is 0 Å². The van der Waals surface area contributed by atoms with E-state index < -0.39 is 0 Å². The molecule has 21 heavy (non-hydrogen) atoms. The molecule has 116 valence electrons. The average Bonchev–Trinajstić information content (AvgIpc) is 2.41. The first kappa shape index (κ1) is 17.3. The maximum atomic E-state index is 11.8. The highest BCUT2D eigenvalue weighted by Gasteiger charge is 2.09. The summed E-state index contributed by atoms with van der Waals surface area (Å²) in [5.74, 6) is -0.189. The zero-order chi connectivity index (χ0) is 15.8. The van der Waals surface area contributed by atoms with E-state index in [4.69, 9.17) is 17.3 Å². The second-order valence-corrected chi connectivity index (χ2v) is 5.13. The van der Waals surface area contributed by atoms with E-state index in [1.807, 2.05) is 6.92 Å². The minimum Gasteiger partial charge on any atom is -0.397 e. The lowest BCUT2D eigenvalue weighted by atomic mass is 10.2. The third-order valence-corrected chi connectivity index (χ3v) is 3.13. The van der Waals surface area contributed by atoms with Crippen LogP contribution < -0.4 is 16.4 Å². The van der Waals surface area contributed by atoms with Crippen molar-refractivity contribution in [1.82, 2.24) is 10.2 Å². The molecule has 4 N–H and O–H groups in total. The van der Waals surface area contributed by atoms with Crippen molar-refractivity contribution < 1.29 is 9.59 Å². The van der Waals surface area contributed by atoms with Crippen LogP contribution in [0.1, 0.15) is 13.3 Å². The van der Waals surface area contributed by atoms with Crippen LogP contribution >= 0.6 is 11.6 Å².